The van der Waals surface area contributed by atoms with Crippen molar-refractivity contribution in [2.45, 2.75) is 6.92 Å². The normalized spacial score (nSPS) is 15.4. The Hall–Kier alpha value is -1.67. The Morgan fingerprint density at radius 2 is 1.50 bits per heavy atom. The number of nitrogens with one attached hydrogen (secondary N) is 4. The molecular formula is C12H23N5O3. The Morgan fingerprint density at radius 1 is 0.950 bits per heavy atom. The van der Waals surface area contributed by atoms with Crippen LogP contribution in [0.3, 0.4) is 0 Å². The molecule has 0 atom stereocenters. The van der Waals surface area contributed by atoms with E-state index < -0.39 is 11.8 Å². The van der Waals surface area contributed by atoms with Crippen LogP contribution in [-0.2, 0) is 14.4 Å². The summed E-state index contributed by atoms with van der Waals surface area (Å²) in [5, 5.41) is 10.8. The van der Waals surface area contributed by atoms with Crippen molar-refractivity contribution in [3.8, 4) is 0 Å². The molecule has 1 fully saturated rings. The fourth-order valence-corrected chi connectivity index (χ4v) is 1.84. The van der Waals surface area contributed by atoms with Crippen molar-refractivity contribution in [1.29, 1.82) is 0 Å². The lowest BCUT2D eigenvalue weighted by atomic mass is 10.3. The van der Waals surface area contributed by atoms with Gasteiger partial charge in [0.05, 0.1) is 0 Å². The summed E-state index contributed by atoms with van der Waals surface area (Å²) in [5.41, 5.74) is 0. The van der Waals surface area contributed by atoms with Crippen molar-refractivity contribution in [2.24, 2.45) is 0 Å². The summed E-state index contributed by atoms with van der Waals surface area (Å²) in [5.74, 6) is -1.47. The smallest absolute Gasteiger partial charge is 0.309 e. The lowest BCUT2D eigenvalue weighted by molar-refractivity contribution is -0.139. The highest BCUT2D eigenvalue weighted by molar-refractivity contribution is 6.35. The molecule has 0 aromatic carbocycles. The SMILES string of the molecule is CC(=O)NCCNC(=O)C(=O)NCCN1CCNCC1. The van der Waals surface area contributed by atoms with E-state index in [-0.39, 0.29) is 12.5 Å². The highest BCUT2D eigenvalue weighted by atomic mass is 16.2. The summed E-state index contributed by atoms with van der Waals surface area (Å²) < 4.78 is 0. The van der Waals surface area contributed by atoms with E-state index in [9.17, 15) is 14.4 Å². The summed E-state index contributed by atoms with van der Waals surface area (Å²) in [4.78, 5) is 35.7. The molecule has 0 aromatic rings. The molecule has 1 heterocycles. The molecule has 20 heavy (non-hydrogen) atoms. The van der Waals surface area contributed by atoms with Crippen LogP contribution in [0.4, 0.5) is 0 Å². The minimum atomic E-state index is -0.671. The highest BCUT2D eigenvalue weighted by Crippen LogP contribution is 1.89. The van der Waals surface area contributed by atoms with E-state index in [1.807, 2.05) is 0 Å². The third-order valence-electron chi connectivity index (χ3n) is 2.91. The van der Waals surface area contributed by atoms with Gasteiger partial charge in [0.2, 0.25) is 5.91 Å². The first kappa shape index (κ1) is 16.4. The Bertz CT molecular complexity index is 342. The molecule has 1 rings (SSSR count). The molecule has 8 heteroatoms. The maximum absolute atomic E-state index is 11.5. The Balaban J connectivity index is 2.05. The third kappa shape index (κ3) is 7.05. The second-order valence-corrected chi connectivity index (χ2v) is 4.59. The van der Waals surface area contributed by atoms with Gasteiger partial charge in [0, 0.05) is 59.3 Å². The molecular weight excluding hydrogens is 262 g/mol. The number of nitrogens with zero attached hydrogens (tertiary/aromatic N) is 1. The lowest BCUT2D eigenvalue weighted by Gasteiger charge is -2.26. The van der Waals surface area contributed by atoms with Gasteiger partial charge in [-0.15, -0.1) is 0 Å². The first-order valence-electron chi connectivity index (χ1n) is 6.83. The lowest BCUT2D eigenvalue weighted by Crippen LogP contribution is -2.48. The molecule has 4 N–H and O–H groups in total. The van der Waals surface area contributed by atoms with E-state index in [0.717, 1.165) is 32.7 Å². The summed E-state index contributed by atoms with van der Waals surface area (Å²) >= 11 is 0. The number of carbonyl (C=O) groups is 3. The van der Waals surface area contributed by atoms with E-state index in [4.69, 9.17) is 0 Å². The molecule has 0 aromatic heterocycles. The molecule has 1 saturated heterocycles. The van der Waals surface area contributed by atoms with Gasteiger partial charge in [0.25, 0.3) is 0 Å². The van der Waals surface area contributed by atoms with E-state index in [1.54, 1.807) is 0 Å². The number of hydrogen-bond donors (Lipinski definition) is 4. The van der Waals surface area contributed by atoms with Crippen LogP contribution >= 0.6 is 0 Å². The standard InChI is InChI=1S/C12H23N5O3/c1-10(18)14-2-3-15-11(19)12(20)16-6-9-17-7-4-13-5-8-17/h13H,2-9H2,1H3,(H,14,18)(H,15,19)(H,16,20). The molecule has 0 bridgehead atoms. The van der Waals surface area contributed by atoms with E-state index in [2.05, 4.69) is 26.2 Å². The maximum atomic E-state index is 11.5. The number of rotatable bonds is 6. The molecule has 1 aliphatic heterocycles. The van der Waals surface area contributed by atoms with E-state index >= 15 is 0 Å². The van der Waals surface area contributed by atoms with Crippen molar-refractivity contribution in [3.05, 3.63) is 0 Å². The van der Waals surface area contributed by atoms with Crippen LogP contribution in [-0.4, -0.2) is 75.0 Å². The molecule has 8 nitrogen and oxygen atoms in total. The molecule has 0 spiro atoms. The van der Waals surface area contributed by atoms with Crippen LogP contribution in [0, 0.1) is 0 Å². The summed E-state index contributed by atoms with van der Waals surface area (Å²) in [6.45, 7) is 6.97. The van der Waals surface area contributed by atoms with E-state index in [0.29, 0.717) is 13.1 Å². The van der Waals surface area contributed by atoms with Crippen LogP contribution in [0.2, 0.25) is 0 Å². The minimum absolute atomic E-state index is 0.167. The van der Waals surface area contributed by atoms with Crippen molar-refractivity contribution in [3.63, 3.8) is 0 Å². The fraction of sp³-hybridized carbons (Fsp3) is 0.750. The average molecular weight is 285 g/mol. The van der Waals surface area contributed by atoms with Gasteiger partial charge in [-0.3, -0.25) is 19.3 Å². The number of hydrogen-bond acceptors (Lipinski definition) is 5. The minimum Gasteiger partial charge on any atom is -0.355 e. The number of carbonyl (C=O) groups excluding carboxylic acids is 3. The first-order chi connectivity index (χ1) is 9.59. The largest absolute Gasteiger partial charge is 0.355 e. The van der Waals surface area contributed by atoms with Gasteiger partial charge >= 0.3 is 11.8 Å². The van der Waals surface area contributed by atoms with Gasteiger partial charge in [0.15, 0.2) is 0 Å². The van der Waals surface area contributed by atoms with Gasteiger partial charge in [0.1, 0.15) is 0 Å². The molecule has 114 valence electrons. The second-order valence-electron chi connectivity index (χ2n) is 4.59. The van der Waals surface area contributed by atoms with Crippen LogP contribution in [0.5, 0.6) is 0 Å². The van der Waals surface area contributed by atoms with Gasteiger partial charge in [-0.1, -0.05) is 0 Å². The second kappa shape index (κ2) is 9.27. The summed E-state index contributed by atoms with van der Waals surface area (Å²) in [6.07, 6.45) is 0. The molecule has 3 amide bonds. The molecule has 0 unspecified atom stereocenters. The zero-order chi connectivity index (χ0) is 14.8. The summed E-state index contributed by atoms with van der Waals surface area (Å²) in [6, 6.07) is 0. The van der Waals surface area contributed by atoms with Crippen molar-refractivity contribution in [1.82, 2.24) is 26.2 Å². The monoisotopic (exact) mass is 285 g/mol. The number of amides is 3. The fourth-order valence-electron chi connectivity index (χ4n) is 1.84. The van der Waals surface area contributed by atoms with Crippen LogP contribution in [0.15, 0.2) is 0 Å². The van der Waals surface area contributed by atoms with Gasteiger partial charge < -0.3 is 21.3 Å². The predicted octanol–water partition coefficient (Wildman–Crippen LogP) is -2.74. The first-order valence-corrected chi connectivity index (χ1v) is 6.83. The molecule has 1 aliphatic rings. The molecule has 0 aliphatic carbocycles. The van der Waals surface area contributed by atoms with Gasteiger partial charge in [-0.25, -0.2) is 0 Å². The van der Waals surface area contributed by atoms with Crippen LogP contribution in [0.1, 0.15) is 6.92 Å². The van der Waals surface area contributed by atoms with E-state index in [1.165, 1.54) is 6.92 Å². The quantitative estimate of drug-likeness (QED) is 0.313. The number of piperazine rings is 1. The van der Waals surface area contributed by atoms with Crippen LogP contribution in [0.25, 0.3) is 0 Å². The Morgan fingerprint density at radius 3 is 2.10 bits per heavy atom. The van der Waals surface area contributed by atoms with Crippen molar-refractivity contribution < 1.29 is 14.4 Å². The predicted molar refractivity (Wildman–Crippen MR) is 74.0 cm³/mol. The zero-order valence-corrected chi connectivity index (χ0v) is 11.8. The summed E-state index contributed by atoms with van der Waals surface area (Å²) in [7, 11) is 0. The third-order valence-corrected chi connectivity index (χ3v) is 2.91. The highest BCUT2D eigenvalue weighted by Gasteiger charge is 2.13. The van der Waals surface area contributed by atoms with Gasteiger partial charge in [-0.2, -0.15) is 0 Å². The Kier molecular flexibility index (Phi) is 7.59. The van der Waals surface area contributed by atoms with Crippen LogP contribution < -0.4 is 21.3 Å². The molecule has 0 saturated carbocycles. The molecule has 0 radical (unpaired) electrons. The topological polar surface area (TPSA) is 103 Å². The van der Waals surface area contributed by atoms with Crippen molar-refractivity contribution in [2.75, 3.05) is 52.4 Å². The average Bonchev–Trinajstić information content (AvgIpc) is 2.44. The Labute approximate surface area is 118 Å². The zero-order valence-electron chi connectivity index (χ0n) is 11.8. The van der Waals surface area contributed by atoms with Crippen molar-refractivity contribution >= 4 is 17.7 Å². The maximum Gasteiger partial charge on any atom is 0.309 e. The van der Waals surface area contributed by atoms with Gasteiger partial charge in [-0.05, 0) is 0 Å².